The summed E-state index contributed by atoms with van der Waals surface area (Å²) >= 11 is 0. The smallest absolute Gasteiger partial charge is 0.311 e. The van der Waals surface area contributed by atoms with Gasteiger partial charge in [0.25, 0.3) is 0 Å². The molecular weight excluding hydrogens is 294 g/mol. The Hall–Kier alpha value is -1.69. The van der Waals surface area contributed by atoms with E-state index < -0.39 is 11.4 Å². The molecule has 1 aliphatic rings. The van der Waals surface area contributed by atoms with Gasteiger partial charge in [-0.15, -0.1) is 0 Å². The Bertz CT molecular complexity index is 576. The molecule has 128 valence electrons. The summed E-state index contributed by atoms with van der Waals surface area (Å²) < 4.78 is 5.09. The maximum Gasteiger partial charge on any atom is 0.311 e. The number of hydrogen-bond donors (Lipinski definition) is 1. The van der Waals surface area contributed by atoms with Gasteiger partial charge < -0.3 is 14.7 Å². The molecule has 0 bridgehead atoms. The number of carboxylic acids is 1. The third-order valence-corrected chi connectivity index (χ3v) is 4.81. The molecule has 1 aliphatic heterocycles. The van der Waals surface area contributed by atoms with Gasteiger partial charge in [-0.3, -0.25) is 4.79 Å². The Labute approximate surface area is 137 Å². The summed E-state index contributed by atoms with van der Waals surface area (Å²) in [6, 6.07) is 0. The standard InChI is InChI=1S/C17H27N3O3/c1-12-13(2)18-14(3)19-15(12)20-9-5-7-17(11-20,16(21)22)8-6-10-23-4/h5-11H2,1-4H3,(H,21,22)/t17-/m0/s1. The van der Waals surface area contributed by atoms with Crippen molar-refractivity contribution < 1.29 is 14.6 Å². The molecule has 0 spiro atoms. The number of rotatable bonds is 6. The summed E-state index contributed by atoms with van der Waals surface area (Å²) in [5, 5.41) is 9.83. The Morgan fingerprint density at radius 1 is 1.35 bits per heavy atom. The molecule has 1 N–H and O–H groups in total. The summed E-state index contributed by atoms with van der Waals surface area (Å²) in [6.07, 6.45) is 2.97. The van der Waals surface area contributed by atoms with Gasteiger partial charge in [-0.1, -0.05) is 0 Å². The highest BCUT2D eigenvalue weighted by Crippen LogP contribution is 2.37. The molecule has 1 fully saturated rings. The van der Waals surface area contributed by atoms with Crippen LogP contribution in [0.3, 0.4) is 0 Å². The number of methoxy groups -OCH3 is 1. The van der Waals surface area contributed by atoms with Crippen molar-refractivity contribution in [2.45, 2.75) is 46.5 Å². The topological polar surface area (TPSA) is 75.6 Å². The van der Waals surface area contributed by atoms with E-state index in [4.69, 9.17) is 4.74 Å². The monoisotopic (exact) mass is 321 g/mol. The number of ether oxygens (including phenoxy) is 1. The van der Waals surface area contributed by atoms with Crippen molar-refractivity contribution in [3.8, 4) is 0 Å². The molecule has 2 heterocycles. The quantitative estimate of drug-likeness (QED) is 0.811. The van der Waals surface area contributed by atoms with Crippen molar-refractivity contribution in [3.05, 3.63) is 17.1 Å². The number of aromatic nitrogens is 2. The molecule has 1 atom stereocenters. The zero-order valence-electron chi connectivity index (χ0n) is 14.6. The lowest BCUT2D eigenvalue weighted by Crippen LogP contribution is -2.48. The van der Waals surface area contributed by atoms with Crippen molar-refractivity contribution in [2.24, 2.45) is 5.41 Å². The van der Waals surface area contributed by atoms with Crippen molar-refractivity contribution >= 4 is 11.8 Å². The van der Waals surface area contributed by atoms with Gasteiger partial charge in [-0.25, -0.2) is 9.97 Å². The number of nitrogens with zero attached hydrogens (tertiary/aromatic N) is 3. The van der Waals surface area contributed by atoms with Crippen LogP contribution >= 0.6 is 0 Å². The van der Waals surface area contributed by atoms with E-state index in [0.717, 1.165) is 42.3 Å². The maximum atomic E-state index is 12.0. The van der Waals surface area contributed by atoms with E-state index in [1.54, 1.807) is 7.11 Å². The molecule has 23 heavy (non-hydrogen) atoms. The van der Waals surface area contributed by atoms with E-state index in [9.17, 15) is 9.90 Å². The van der Waals surface area contributed by atoms with Crippen LogP contribution in [0.1, 0.15) is 42.8 Å². The van der Waals surface area contributed by atoms with Crippen molar-refractivity contribution in [1.29, 1.82) is 0 Å². The van der Waals surface area contributed by atoms with Crippen LogP contribution in [0.15, 0.2) is 0 Å². The summed E-state index contributed by atoms with van der Waals surface area (Å²) in [4.78, 5) is 23.1. The minimum atomic E-state index is -0.712. The molecule has 1 aromatic heterocycles. The van der Waals surface area contributed by atoms with Gasteiger partial charge >= 0.3 is 5.97 Å². The van der Waals surface area contributed by atoms with Gasteiger partial charge in [0.15, 0.2) is 0 Å². The molecule has 6 heteroatoms. The van der Waals surface area contributed by atoms with Gasteiger partial charge in [0, 0.05) is 38.1 Å². The van der Waals surface area contributed by atoms with E-state index in [2.05, 4.69) is 14.9 Å². The Kier molecular flexibility index (Phi) is 5.57. The predicted molar refractivity (Wildman–Crippen MR) is 88.9 cm³/mol. The van der Waals surface area contributed by atoms with Crippen LogP contribution in [-0.4, -0.2) is 47.8 Å². The summed E-state index contributed by atoms with van der Waals surface area (Å²) in [7, 11) is 1.65. The fourth-order valence-corrected chi connectivity index (χ4v) is 3.41. The second-order valence-electron chi connectivity index (χ2n) is 6.51. The highest BCUT2D eigenvalue weighted by atomic mass is 16.5. The first kappa shape index (κ1) is 17.7. The zero-order valence-corrected chi connectivity index (χ0v) is 14.6. The molecule has 6 nitrogen and oxygen atoms in total. The first-order valence-electron chi connectivity index (χ1n) is 8.19. The van der Waals surface area contributed by atoms with Crippen molar-refractivity contribution in [3.63, 3.8) is 0 Å². The molecule has 0 radical (unpaired) electrons. The SMILES string of the molecule is COCCC[C@@]1(C(=O)O)CCCN(c2nc(C)nc(C)c2C)C1. The maximum absolute atomic E-state index is 12.0. The third-order valence-electron chi connectivity index (χ3n) is 4.81. The first-order valence-corrected chi connectivity index (χ1v) is 8.19. The van der Waals surface area contributed by atoms with Crippen LogP contribution in [-0.2, 0) is 9.53 Å². The predicted octanol–water partition coefficient (Wildman–Crippen LogP) is 2.50. The fourth-order valence-electron chi connectivity index (χ4n) is 3.41. The molecule has 0 aromatic carbocycles. The highest BCUT2D eigenvalue weighted by Gasteiger charge is 2.42. The van der Waals surface area contributed by atoms with E-state index in [1.807, 2.05) is 20.8 Å². The van der Waals surface area contributed by atoms with Crippen LogP contribution < -0.4 is 4.90 Å². The van der Waals surface area contributed by atoms with Crippen LogP contribution in [0.25, 0.3) is 0 Å². The number of hydrogen-bond acceptors (Lipinski definition) is 5. The summed E-state index contributed by atoms with van der Waals surface area (Å²) in [5.74, 6) is 0.902. The molecule has 2 rings (SSSR count). The highest BCUT2D eigenvalue weighted by molar-refractivity contribution is 5.76. The van der Waals surface area contributed by atoms with Gasteiger partial charge in [0.05, 0.1) is 5.41 Å². The van der Waals surface area contributed by atoms with Gasteiger partial charge in [0.1, 0.15) is 11.6 Å². The molecule has 0 amide bonds. The summed E-state index contributed by atoms with van der Waals surface area (Å²) in [6.45, 7) is 7.80. The van der Waals surface area contributed by atoms with Crippen molar-refractivity contribution in [1.82, 2.24) is 9.97 Å². The second-order valence-corrected chi connectivity index (χ2v) is 6.51. The minimum absolute atomic E-state index is 0.503. The largest absolute Gasteiger partial charge is 0.481 e. The Balaban J connectivity index is 2.26. The number of carbonyl (C=O) groups is 1. The fraction of sp³-hybridized carbons (Fsp3) is 0.706. The molecule has 0 aliphatic carbocycles. The van der Waals surface area contributed by atoms with E-state index >= 15 is 0 Å². The van der Waals surface area contributed by atoms with E-state index in [-0.39, 0.29) is 0 Å². The molecule has 0 unspecified atom stereocenters. The van der Waals surface area contributed by atoms with Gasteiger partial charge in [-0.2, -0.15) is 0 Å². The van der Waals surface area contributed by atoms with E-state index in [1.165, 1.54) is 0 Å². The van der Waals surface area contributed by atoms with Crippen molar-refractivity contribution in [2.75, 3.05) is 31.7 Å². The minimum Gasteiger partial charge on any atom is -0.481 e. The van der Waals surface area contributed by atoms with Crippen LogP contribution in [0.5, 0.6) is 0 Å². The second kappa shape index (κ2) is 7.25. The molecule has 1 saturated heterocycles. The molecule has 1 aromatic rings. The van der Waals surface area contributed by atoms with Gasteiger partial charge in [0.2, 0.25) is 0 Å². The Morgan fingerprint density at radius 2 is 2.09 bits per heavy atom. The van der Waals surface area contributed by atoms with Crippen LogP contribution in [0.4, 0.5) is 5.82 Å². The number of anilines is 1. The van der Waals surface area contributed by atoms with Crippen LogP contribution in [0, 0.1) is 26.2 Å². The number of aryl methyl sites for hydroxylation is 2. The lowest BCUT2D eigenvalue weighted by atomic mass is 9.76. The Morgan fingerprint density at radius 3 is 2.74 bits per heavy atom. The molecular formula is C17H27N3O3. The van der Waals surface area contributed by atoms with Gasteiger partial charge in [-0.05, 0) is 46.5 Å². The lowest BCUT2D eigenvalue weighted by molar-refractivity contribution is -0.150. The zero-order chi connectivity index (χ0) is 17.0. The molecule has 0 saturated carbocycles. The average Bonchev–Trinajstić information content (AvgIpc) is 2.51. The number of aliphatic carboxylic acids is 1. The van der Waals surface area contributed by atoms with Crippen LogP contribution in [0.2, 0.25) is 0 Å². The third kappa shape index (κ3) is 3.80. The summed E-state index contributed by atoms with van der Waals surface area (Å²) in [5.41, 5.74) is 1.28. The number of carboxylic acid groups (broad SMARTS) is 1. The first-order chi connectivity index (χ1) is 10.9. The average molecular weight is 321 g/mol. The number of piperidine rings is 1. The lowest BCUT2D eigenvalue weighted by Gasteiger charge is -2.41. The normalized spacial score (nSPS) is 21.5. The van der Waals surface area contributed by atoms with E-state index in [0.29, 0.717) is 26.0 Å².